The van der Waals surface area contributed by atoms with Gasteiger partial charge in [-0.15, -0.1) is 53.3 Å². The number of ketones is 1. The second-order valence-corrected chi connectivity index (χ2v) is 22.2. The van der Waals surface area contributed by atoms with Gasteiger partial charge in [0.15, 0.2) is 5.78 Å². The largest absolute Gasteiger partial charge is 0.466 e. The van der Waals surface area contributed by atoms with E-state index in [2.05, 4.69) is 87.0 Å². The first-order valence-corrected chi connectivity index (χ1v) is 35.1. The van der Waals surface area contributed by atoms with Crippen LogP contribution in [0.25, 0.3) is 0 Å². The lowest BCUT2D eigenvalue weighted by Crippen LogP contribution is -2.43. The number of hydrogen-bond acceptors (Lipinski definition) is 17. The van der Waals surface area contributed by atoms with Gasteiger partial charge >= 0.3 is 5.97 Å². The maximum absolute atomic E-state index is 12.1. The maximum Gasteiger partial charge on any atom is 0.307 e. The maximum atomic E-state index is 12.1. The number of Topliss-reactive ketones (excluding diaryl/α,β-unsaturated/α-hetero) is 1. The molecule has 0 radical (unpaired) electrons. The number of carbonyl (C=O) groups excluding carboxylic acids is 11. The van der Waals surface area contributed by atoms with E-state index in [4.69, 9.17) is 44.9 Å². The van der Waals surface area contributed by atoms with Gasteiger partial charge < -0.3 is 70.6 Å². The monoisotopic (exact) mass is 1470 g/mol. The van der Waals surface area contributed by atoms with Gasteiger partial charge in [-0.3, -0.25) is 62.5 Å². The number of nitrogens with zero attached hydrogens (tertiary/aromatic N) is 4. The first-order chi connectivity index (χ1) is 50.2. The molecule has 3 atom stereocenters. The average molecular weight is 1470 g/mol. The zero-order chi connectivity index (χ0) is 79.4. The zero-order valence-corrected chi connectivity index (χ0v) is 63.0. The highest BCUT2D eigenvalue weighted by Gasteiger charge is 2.19. The minimum Gasteiger partial charge on any atom is -0.466 e. The number of amides is 9. The summed E-state index contributed by atoms with van der Waals surface area (Å²) >= 11 is 0. The summed E-state index contributed by atoms with van der Waals surface area (Å²) in [6.45, 7) is 20.6. The molecule has 3 aromatic carbocycles. The van der Waals surface area contributed by atoms with Crippen LogP contribution in [0.15, 0.2) is 91.0 Å². The van der Waals surface area contributed by atoms with Gasteiger partial charge in [0.05, 0.1) is 77.0 Å². The molecule has 0 bridgehead atoms. The molecular formula is C80H118N14O12. The summed E-state index contributed by atoms with van der Waals surface area (Å²) in [6, 6.07) is 26.3. The number of esters is 1. The van der Waals surface area contributed by atoms with Crippen LogP contribution in [-0.2, 0) is 59.1 Å². The van der Waals surface area contributed by atoms with Crippen LogP contribution in [0.4, 0.5) is 5.69 Å². The van der Waals surface area contributed by atoms with E-state index in [-0.39, 0.29) is 114 Å². The van der Waals surface area contributed by atoms with Crippen molar-refractivity contribution in [1.82, 2.24) is 30.2 Å². The highest BCUT2D eigenvalue weighted by Crippen LogP contribution is 2.08. The van der Waals surface area contributed by atoms with Crippen LogP contribution in [0, 0.1) is 71.0 Å². The lowest BCUT2D eigenvalue weighted by molar-refractivity contribution is -0.143. The Hall–Kier alpha value is -10.8. The van der Waals surface area contributed by atoms with Gasteiger partial charge in [0, 0.05) is 108 Å². The van der Waals surface area contributed by atoms with Crippen LogP contribution in [-0.4, -0.2) is 188 Å². The Morgan fingerprint density at radius 3 is 1.23 bits per heavy atom. The minimum atomic E-state index is -0.642. The minimum absolute atomic E-state index is 0. The van der Waals surface area contributed by atoms with Crippen LogP contribution in [0.2, 0.25) is 0 Å². The topological polar surface area (TPSA) is 428 Å². The number of hydrogen-bond donors (Lipinski definition) is 10. The highest BCUT2D eigenvalue weighted by atomic mass is 16.5. The molecule has 0 spiro atoms. The molecule has 3 aromatic rings. The number of nitrogens with two attached hydrogens (primary N) is 7. The number of benzene rings is 3. The van der Waals surface area contributed by atoms with Crippen LogP contribution in [0.3, 0.4) is 0 Å². The fraction of sp³-hybridized carbons (Fsp3) is 0.487. The van der Waals surface area contributed by atoms with Crippen molar-refractivity contribution < 1.29 is 57.5 Å². The lowest BCUT2D eigenvalue weighted by Gasteiger charge is -2.21. The summed E-state index contributed by atoms with van der Waals surface area (Å²) in [5.74, 6) is 30.9. The van der Waals surface area contributed by atoms with Gasteiger partial charge in [0.1, 0.15) is 6.54 Å². The predicted octanol–water partition coefficient (Wildman–Crippen LogP) is 4.16. The summed E-state index contributed by atoms with van der Waals surface area (Å²) in [5, 5.41) is 8.15. The van der Waals surface area contributed by atoms with E-state index < -0.39 is 41.8 Å². The van der Waals surface area contributed by atoms with Crippen molar-refractivity contribution in [3.8, 4) is 71.0 Å². The van der Waals surface area contributed by atoms with Crippen LogP contribution >= 0.6 is 0 Å². The van der Waals surface area contributed by atoms with Crippen LogP contribution in [0.5, 0.6) is 0 Å². The predicted molar refractivity (Wildman–Crippen MR) is 420 cm³/mol. The smallest absolute Gasteiger partial charge is 0.307 e. The molecule has 17 N–H and O–H groups in total. The first kappa shape index (κ1) is 102. The van der Waals surface area contributed by atoms with Gasteiger partial charge in [0.25, 0.3) is 0 Å². The Morgan fingerprint density at radius 1 is 0.425 bits per heavy atom. The van der Waals surface area contributed by atoms with Crippen molar-refractivity contribution >= 4 is 70.6 Å². The second-order valence-electron chi connectivity index (χ2n) is 22.2. The molecule has 0 aliphatic carbocycles. The van der Waals surface area contributed by atoms with Gasteiger partial charge in [0.2, 0.25) is 53.2 Å². The summed E-state index contributed by atoms with van der Waals surface area (Å²) in [7, 11) is 0. The highest BCUT2D eigenvalue weighted by molar-refractivity contribution is 5.98. The fourth-order valence-corrected chi connectivity index (χ4v) is 8.07. The Kier molecular flexibility index (Phi) is 65.7. The van der Waals surface area contributed by atoms with Crippen molar-refractivity contribution in [2.45, 2.75) is 171 Å². The Balaban J connectivity index is -0.000000592. The van der Waals surface area contributed by atoms with Gasteiger partial charge in [-0.2, -0.15) is 0 Å². The van der Waals surface area contributed by atoms with E-state index in [9.17, 15) is 52.7 Å². The molecule has 0 heterocycles. The molecule has 26 heteroatoms. The van der Waals surface area contributed by atoms with Crippen molar-refractivity contribution in [3.63, 3.8) is 0 Å². The number of rotatable bonds is 33. The molecule has 0 aliphatic heterocycles. The molecule has 0 saturated carbocycles. The Labute approximate surface area is 630 Å². The lowest BCUT2D eigenvalue weighted by atomic mass is 10.1. The number of carbonyl (C=O) groups is 11. The van der Waals surface area contributed by atoms with Crippen molar-refractivity contribution in [1.29, 1.82) is 0 Å². The summed E-state index contributed by atoms with van der Waals surface area (Å²) in [4.78, 5) is 131. The van der Waals surface area contributed by atoms with E-state index in [1.165, 1.54) is 15.4 Å². The van der Waals surface area contributed by atoms with E-state index in [0.29, 0.717) is 70.6 Å². The molecule has 106 heavy (non-hydrogen) atoms. The number of para-hydroxylation sites is 1. The number of anilines is 1. The molecule has 580 valence electrons. The van der Waals surface area contributed by atoms with Gasteiger partial charge in [-0.1, -0.05) is 146 Å². The SMILES string of the molecule is C.CCC#CCC(N)C(=O)N(CC)CC.CCC#CCC(N)C(=O)NCCC(=O)OCC.CCC#CCC(N)C(=O)NCCc1ccccc1.CCC#CCN(CC(N)=O)C(=O)CCC(=O)c1ccccc1.CCC#CCN(CC(N)=O)CC(=O)Nc1ccccc1.CCC#CCN(CC(N)=O)CC(N)=O. The number of nitrogens with one attached hydrogen (secondary N) is 3. The molecule has 3 unspecified atom stereocenters. The first-order valence-electron chi connectivity index (χ1n) is 35.1. The van der Waals surface area contributed by atoms with Crippen molar-refractivity contribution in [2.24, 2.45) is 40.1 Å². The molecule has 9 amide bonds. The van der Waals surface area contributed by atoms with E-state index in [0.717, 1.165) is 44.2 Å². The fourth-order valence-electron chi connectivity index (χ4n) is 8.07. The van der Waals surface area contributed by atoms with E-state index >= 15 is 0 Å². The second kappa shape index (κ2) is 68.6. The van der Waals surface area contributed by atoms with Gasteiger partial charge in [-0.25, -0.2) is 0 Å². The van der Waals surface area contributed by atoms with Crippen LogP contribution in [0.1, 0.15) is 163 Å². The zero-order valence-electron chi connectivity index (χ0n) is 63.0. The molecule has 26 nitrogen and oxygen atoms in total. The Morgan fingerprint density at radius 2 is 0.811 bits per heavy atom. The molecule has 3 rings (SSSR count). The molecule has 0 saturated heterocycles. The number of likely N-dealkylation sites (N-methyl/N-ethyl adjacent to an activating group) is 1. The van der Waals surface area contributed by atoms with E-state index in [1.807, 2.05) is 110 Å². The third-order valence-electron chi connectivity index (χ3n) is 13.1. The van der Waals surface area contributed by atoms with Crippen molar-refractivity contribution in [2.75, 3.05) is 90.5 Å². The van der Waals surface area contributed by atoms with Crippen LogP contribution < -0.4 is 56.1 Å². The molecule has 0 aliphatic rings. The third kappa shape index (κ3) is 59.7. The molecule has 0 fully saturated rings. The molecule has 0 aromatic heterocycles. The number of ether oxygens (including phenoxy) is 1. The molecular weight excluding hydrogens is 1350 g/mol. The van der Waals surface area contributed by atoms with Crippen molar-refractivity contribution in [3.05, 3.63) is 102 Å². The quantitative estimate of drug-likeness (QED) is 0.0232. The Bertz CT molecular complexity index is 3430. The normalized spacial score (nSPS) is 10.2. The van der Waals surface area contributed by atoms with E-state index in [1.54, 1.807) is 53.1 Å². The standard InChI is InChI=1S/C17H20N2O3.C15H19N3O2.C15H20N2O.C12H20N2O3.C11H20N2O.C9H15N3O2.CH4/c1-2-3-7-12-19(13-16(18)21)17(22)11-10-15(20)14-8-5-4-6-9-14;1-2-3-7-10-18(11-14(16)19)12-15(20)17-13-8-5-4-6-9-13;1-2-3-5-10-14(16)15(18)17-12-11-13-8-6-4-7-9-13;1-3-5-6-7-10(13)12(16)14-9-8-11(15)17-4-2;1-4-7-8-9-10(12)11(14)13(5-2)6-3;1-2-3-4-5-12(6-8(10)13)7-9(11)14;/h4-6,8-9H,2,10-13H2,1H3,(H2,18,21);4-6,8-9H,2,10-12H2,1H3,(H2,16,19)(H,17,20);4,6-9,14H,2,10-12,16H2,1H3,(H,17,18);10H,3-4,7-9,13H2,1-2H3,(H,14,16);10H,4-6,9,12H2,1-3H3;2,5-7H2,1H3,(H2,10,13)(H2,11,14);1H4. The summed E-state index contributed by atoms with van der Waals surface area (Å²) < 4.78 is 4.72. The van der Waals surface area contributed by atoms with Gasteiger partial charge in [-0.05, 0) is 44.9 Å². The summed E-state index contributed by atoms with van der Waals surface area (Å²) in [6.07, 6.45) is 6.83. The third-order valence-corrected chi connectivity index (χ3v) is 13.1. The number of primary amides is 4. The summed E-state index contributed by atoms with van der Waals surface area (Å²) in [5.41, 5.74) is 39.8. The average Bonchev–Trinajstić information content (AvgIpc) is 0.900.